The lowest BCUT2D eigenvalue weighted by Gasteiger charge is -2.26. The van der Waals surface area contributed by atoms with Gasteiger partial charge in [0.1, 0.15) is 11.6 Å². The van der Waals surface area contributed by atoms with Gasteiger partial charge in [-0.05, 0) is 13.3 Å². The fraction of sp³-hybridized carbons (Fsp3) is 0.667. The molecular weight excluding hydrogens is 216 g/mol. The largest absolute Gasteiger partial charge is 0.374 e. The first kappa shape index (κ1) is 13.5. The molecular formula is C12H20N4O. The Hall–Kier alpha value is -1.54. The Bertz CT molecular complexity index is 326. The third-order valence-electron chi connectivity index (χ3n) is 2.82. The number of nitriles is 1. The van der Waals surface area contributed by atoms with Crippen molar-refractivity contribution in [3.05, 3.63) is 11.8 Å². The maximum absolute atomic E-state index is 11.8. The highest BCUT2D eigenvalue weighted by Crippen LogP contribution is 2.01. The number of nitrogens with zero attached hydrogens (tertiary/aromatic N) is 2. The van der Waals surface area contributed by atoms with Gasteiger partial charge >= 0.3 is 0 Å². The smallest absolute Gasteiger partial charge is 0.263 e. The van der Waals surface area contributed by atoms with E-state index < -0.39 is 0 Å². The molecule has 0 aliphatic carbocycles. The summed E-state index contributed by atoms with van der Waals surface area (Å²) in [6.45, 7) is 7.38. The van der Waals surface area contributed by atoms with Gasteiger partial charge in [-0.3, -0.25) is 4.79 Å². The Morgan fingerprint density at radius 2 is 2.24 bits per heavy atom. The molecule has 0 bridgehead atoms. The molecule has 1 fully saturated rings. The number of amides is 1. The van der Waals surface area contributed by atoms with Crippen LogP contribution in [0.5, 0.6) is 0 Å². The fourth-order valence-corrected chi connectivity index (χ4v) is 1.54. The van der Waals surface area contributed by atoms with Crippen LogP contribution in [0.2, 0.25) is 0 Å². The summed E-state index contributed by atoms with van der Waals surface area (Å²) in [5.41, 5.74) is 0.187. The molecule has 0 saturated carbocycles. The van der Waals surface area contributed by atoms with Crippen molar-refractivity contribution in [3.8, 4) is 6.07 Å². The highest BCUT2D eigenvalue weighted by atomic mass is 16.1. The summed E-state index contributed by atoms with van der Waals surface area (Å²) in [7, 11) is 0. The van der Waals surface area contributed by atoms with E-state index in [1.165, 1.54) is 0 Å². The van der Waals surface area contributed by atoms with Crippen molar-refractivity contribution in [2.24, 2.45) is 0 Å². The summed E-state index contributed by atoms with van der Waals surface area (Å²) < 4.78 is 0. The predicted octanol–water partition coefficient (Wildman–Crippen LogP) is 0.214. The Balaban J connectivity index is 2.60. The summed E-state index contributed by atoms with van der Waals surface area (Å²) in [6, 6.07) is 2.06. The average Bonchev–Trinajstić information content (AvgIpc) is 2.36. The van der Waals surface area contributed by atoms with Gasteiger partial charge in [0, 0.05) is 38.4 Å². The van der Waals surface area contributed by atoms with Crippen LogP contribution in [0.25, 0.3) is 0 Å². The molecule has 1 aliphatic rings. The van der Waals surface area contributed by atoms with Crippen molar-refractivity contribution in [1.82, 2.24) is 15.5 Å². The van der Waals surface area contributed by atoms with Crippen LogP contribution in [0.1, 0.15) is 20.3 Å². The van der Waals surface area contributed by atoms with Gasteiger partial charge in [0.25, 0.3) is 5.91 Å². The van der Waals surface area contributed by atoms with Gasteiger partial charge in [-0.15, -0.1) is 0 Å². The van der Waals surface area contributed by atoms with Crippen molar-refractivity contribution < 1.29 is 4.79 Å². The predicted molar refractivity (Wildman–Crippen MR) is 66.0 cm³/mol. The monoisotopic (exact) mass is 236 g/mol. The standard InChI is InChI=1S/C12H20N4O/c1-3-10(2)15-12(17)11(8-13)9-16-6-4-14-5-7-16/h9-10,14H,3-7H2,1-2H3,(H,15,17)/b11-9-. The zero-order valence-electron chi connectivity index (χ0n) is 10.5. The minimum Gasteiger partial charge on any atom is -0.374 e. The first-order valence-corrected chi connectivity index (χ1v) is 6.05. The van der Waals surface area contributed by atoms with Crippen LogP contribution in [0, 0.1) is 11.3 Å². The number of carbonyl (C=O) groups excluding carboxylic acids is 1. The Labute approximate surface area is 102 Å². The van der Waals surface area contributed by atoms with Crippen molar-refractivity contribution in [3.63, 3.8) is 0 Å². The molecule has 1 saturated heterocycles. The minimum atomic E-state index is -0.277. The van der Waals surface area contributed by atoms with Crippen LogP contribution >= 0.6 is 0 Å². The molecule has 0 aromatic heterocycles. The van der Waals surface area contributed by atoms with E-state index >= 15 is 0 Å². The minimum absolute atomic E-state index is 0.0993. The molecule has 94 valence electrons. The summed E-state index contributed by atoms with van der Waals surface area (Å²) >= 11 is 0. The van der Waals surface area contributed by atoms with E-state index in [1.807, 2.05) is 24.8 Å². The van der Waals surface area contributed by atoms with Gasteiger partial charge in [0.05, 0.1) is 0 Å². The highest BCUT2D eigenvalue weighted by molar-refractivity contribution is 5.97. The van der Waals surface area contributed by atoms with Gasteiger partial charge < -0.3 is 15.5 Å². The lowest BCUT2D eigenvalue weighted by Crippen LogP contribution is -2.41. The van der Waals surface area contributed by atoms with Crippen LogP contribution < -0.4 is 10.6 Å². The second-order valence-electron chi connectivity index (χ2n) is 4.22. The summed E-state index contributed by atoms with van der Waals surface area (Å²) in [5, 5.41) is 15.0. The van der Waals surface area contributed by atoms with Crippen molar-refractivity contribution in [1.29, 1.82) is 5.26 Å². The Kier molecular flexibility index (Phi) is 5.50. The van der Waals surface area contributed by atoms with E-state index in [9.17, 15) is 4.79 Å². The molecule has 1 aliphatic heterocycles. The summed E-state index contributed by atoms with van der Waals surface area (Å²) in [5.74, 6) is -0.277. The molecule has 1 rings (SSSR count). The molecule has 0 aromatic rings. The van der Waals surface area contributed by atoms with Gasteiger partial charge in [-0.25, -0.2) is 0 Å². The fourth-order valence-electron chi connectivity index (χ4n) is 1.54. The number of carbonyl (C=O) groups is 1. The molecule has 0 aromatic carbocycles. The molecule has 5 heteroatoms. The van der Waals surface area contributed by atoms with Crippen LogP contribution in [0.15, 0.2) is 11.8 Å². The SMILES string of the molecule is CCC(C)NC(=O)/C(C#N)=C\N1CCNCC1. The van der Waals surface area contributed by atoms with Crippen molar-refractivity contribution in [2.75, 3.05) is 26.2 Å². The number of hydrogen-bond acceptors (Lipinski definition) is 4. The lowest BCUT2D eigenvalue weighted by atomic mass is 10.2. The Morgan fingerprint density at radius 1 is 1.59 bits per heavy atom. The van der Waals surface area contributed by atoms with Crippen LogP contribution in [0.3, 0.4) is 0 Å². The van der Waals surface area contributed by atoms with E-state index in [4.69, 9.17) is 5.26 Å². The molecule has 1 unspecified atom stereocenters. The van der Waals surface area contributed by atoms with Crippen LogP contribution in [-0.2, 0) is 4.79 Å². The summed E-state index contributed by atoms with van der Waals surface area (Å²) in [4.78, 5) is 13.8. The van der Waals surface area contributed by atoms with E-state index in [2.05, 4.69) is 10.6 Å². The van der Waals surface area contributed by atoms with E-state index in [0.717, 1.165) is 32.6 Å². The number of piperazine rings is 1. The molecule has 2 N–H and O–H groups in total. The number of hydrogen-bond donors (Lipinski definition) is 2. The second-order valence-corrected chi connectivity index (χ2v) is 4.22. The topological polar surface area (TPSA) is 68.2 Å². The molecule has 1 heterocycles. The number of rotatable bonds is 4. The highest BCUT2D eigenvalue weighted by Gasteiger charge is 2.14. The second kappa shape index (κ2) is 6.92. The lowest BCUT2D eigenvalue weighted by molar-refractivity contribution is -0.117. The van der Waals surface area contributed by atoms with Gasteiger partial charge in [0.2, 0.25) is 0 Å². The van der Waals surface area contributed by atoms with Gasteiger partial charge in [-0.2, -0.15) is 5.26 Å². The van der Waals surface area contributed by atoms with Gasteiger partial charge in [0.15, 0.2) is 0 Å². The third kappa shape index (κ3) is 4.45. The van der Waals surface area contributed by atoms with Gasteiger partial charge in [-0.1, -0.05) is 6.92 Å². The van der Waals surface area contributed by atoms with Crippen molar-refractivity contribution in [2.45, 2.75) is 26.3 Å². The molecule has 1 amide bonds. The maximum atomic E-state index is 11.8. The zero-order chi connectivity index (χ0) is 12.7. The molecule has 0 radical (unpaired) electrons. The molecule has 1 atom stereocenters. The van der Waals surface area contributed by atoms with E-state index in [1.54, 1.807) is 6.20 Å². The van der Waals surface area contributed by atoms with E-state index in [-0.39, 0.29) is 17.5 Å². The molecule has 5 nitrogen and oxygen atoms in total. The third-order valence-corrected chi connectivity index (χ3v) is 2.82. The zero-order valence-corrected chi connectivity index (χ0v) is 10.5. The van der Waals surface area contributed by atoms with Crippen molar-refractivity contribution >= 4 is 5.91 Å². The van der Waals surface area contributed by atoms with Crippen LogP contribution in [0.4, 0.5) is 0 Å². The quantitative estimate of drug-likeness (QED) is 0.541. The van der Waals surface area contributed by atoms with E-state index in [0.29, 0.717) is 0 Å². The number of nitrogens with one attached hydrogen (secondary N) is 2. The molecule has 17 heavy (non-hydrogen) atoms. The van der Waals surface area contributed by atoms with Crippen LogP contribution in [-0.4, -0.2) is 43.0 Å². The first-order chi connectivity index (χ1) is 8.17. The molecule has 0 spiro atoms. The average molecular weight is 236 g/mol. The summed E-state index contributed by atoms with van der Waals surface area (Å²) in [6.07, 6.45) is 2.52. The maximum Gasteiger partial charge on any atom is 0.263 e. The Morgan fingerprint density at radius 3 is 2.76 bits per heavy atom. The first-order valence-electron chi connectivity index (χ1n) is 6.05. The normalized spacial score (nSPS) is 18.4.